The number of aromatic nitrogens is 5. The fourth-order valence-electron chi connectivity index (χ4n) is 3.59. The first-order chi connectivity index (χ1) is 14.6. The van der Waals surface area contributed by atoms with Crippen LogP contribution in [0.5, 0.6) is 0 Å². The van der Waals surface area contributed by atoms with Crippen LogP contribution in [0.4, 0.5) is 13.2 Å². The molecule has 0 aliphatic carbocycles. The van der Waals surface area contributed by atoms with E-state index in [1.807, 2.05) is 6.92 Å². The normalized spacial score (nSPS) is 11.9. The Morgan fingerprint density at radius 1 is 1.16 bits per heavy atom. The van der Waals surface area contributed by atoms with Crippen LogP contribution in [0.3, 0.4) is 0 Å². The molecule has 0 fully saturated rings. The first-order valence-electron chi connectivity index (χ1n) is 9.46. The van der Waals surface area contributed by atoms with Crippen molar-refractivity contribution in [2.75, 3.05) is 0 Å². The fraction of sp³-hybridized carbons (Fsp3) is 0.238. The maximum absolute atomic E-state index is 14.0. The molecule has 4 rings (SSSR count). The number of alkyl halides is 3. The van der Waals surface area contributed by atoms with Crippen molar-refractivity contribution < 1.29 is 23.1 Å². The van der Waals surface area contributed by atoms with Crippen LogP contribution in [0.2, 0.25) is 0 Å². The van der Waals surface area contributed by atoms with E-state index in [9.17, 15) is 18.0 Å². The molecular formula is C21H18F3N5O2. The second kappa shape index (κ2) is 7.22. The molecule has 1 aromatic carbocycles. The zero-order chi connectivity index (χ0) is 22.5. The summed E-state index contributed by atoms with van der Waals surface area (Å²) < 4.78 is 44.9. The Hall–Kier alpha value is -3.69. The van der Waals surface area contributed by atoms with Gasteiger partial charge in [0.2, 0.25) is 0 Å². The van der Waals surface area contributed by atoms with Crippen LogP contribution in [0.1, 0.15) is 34.2 Å². The van der Waals surface area contributed by atoms with Gasteiger partial charge in [0.05, 0.1) is 39.8 Å². The van der Waals surface area contributed by atoms with Crippen LogP contribution in [0, 0.1) is 13.8 Å². The standard InChI is InChI=1S/C21H18F3N5O2/c1-4-28-12(3)15(10-25-28)17-9-16(21(22,23)24)18-11(2)27-29(19(18)26-17)14-7-5-13(6-8-14)20(30)31/h5-10H,4H2,1-3H3,(H,30,31). The Morgan fingerprint density at radius 3 is 2.39 bits per heavy atom. The van der Waals surface area contributed by atoms with Crippen molar-refractivity contribution in [1.29, 1.82) is 0 Å². The zero-order valence-electron chi connectivity index (χ0n) is 16.9. The number of aryl methyl sites for hydroxylation is 2. The Kier molecular flexibility index (Phi) is 4.79. The molecule has 0 radical (unpaired) electrons. The van der Waals surface area contributed by atoms with Gasteiger partial charge in [-0.15, -0.1) is 0 Å². The summed E-state index contributed by atoms with van der Waals surface area (Å²) in [7, 11) is 0. The van der Waals surface area contributed by atoms with Crippen molar-refractivity contribution in [3.8, 4) is 16.9 Å². The number of fused-ring (bicyclic) bond motifs is 1. The van der Waals surface area contributed by atoms with Gasteiger partial charge in [-0.25, -0.2) is 14.5 Å². The molecule has 3 heterocycles. The first-order valence-corrected chi connectivity index (χ1v) is 9.46. The average Bonchev–Trinajstić information content (AvgIpc) is 3.26. The maximum Gasteiger partial charge on any atom is 0.417 e. The molecule has 0 saturated heterocycles. The monoisotopic (exact) mass is 429 g/mol. The summed E-state index contributed by atoms with van der Waals surface area (Å²) >= 11 is 0. The lowest BCUT2D eigenvalue weighted by atomic mass is 10.1. The van der Waals surface area contributed by atoms with Crippen LogP contribution < -0.4 is 0 Å². The predicted molar refractivity (Wildman–Crippen MR) is 107 cm³/mol. The molecule has 0 saturated carbocycles. The van der Waals surface area contributed by atoms with Gasteiger partial charge in [-0.1, -0.05) is 0 Å². The number of hydrogen-bond acceptors (Lipinski definition) is 4. The summed E-state index contributed by atoms with van der Waals surface area (Å²) in [6.07, 6.45) is -3.11. The van der Waals surface area contributed by atoms with E-state index in [2.05, 4.69) is 15.2 Å². The second-order valence-corrected chi connectivity index (χ2v) is 7.06. The van der Waals surface area contributed by atoms with Crippen molar-refractivity contribution in [3.05, 3.63) is 59.0 Å². The molecule has 3 aromatic heterocycles. The summed E-state index contributed by atoms with van der Waals surface area (Å²) in [5.74, 6) is -1.10. The van der Waals surface area contributed by atoms with Crippen molar-refractivity contribution in [1.82, 2.24) is 24.5 Å². The highest BCUT2D eigenvalue weighted by Crippen LogP contribution is 2.39. The van der Waals surface area contributed by atoms with Crippen LogP contribution in [0.25, 0.3) is 28.0 Å². The molecule has 160 valence electrons. The SMILES string of the molecule is CCn1ncc(-c2cc(C(F)(F)F)c3c(C)nn(-c4ccc(C(=O)O)cc4)c3n2)c1C. The minimum atomic E-state index is -4.61. The lowest BCUT2D eigenvalue weighted by molar-refractivity contribution is -0.136. The second-order valence-electron chi connectivity index (χ2n) is 7.06. The molecule has 7 nitrogen and oxygen atoms in total. The summed E-state index contributed by atoms with van der Waals surface area (Å²) in [6, 6.07) is 6.72. The first kappa shape index (κ1) is 20.6. The maximum atomic E-state index is 14.0. The van der Waals surface area contributed by atoms with E-state index in [1.54, 1.807) is 11.6 Å². The van der Waals surface area contributed by atoms with Crippen LogP contribution in [-0.4, -0.2) is 35.6 Å². The average molecular weight is 429 g/mol. The number of hydrogen-bond donors (Lipinski definition) is 1. The zero-order valence-corrected chi connectivity index (χ0v) is 16.9. The number of rotatable bonds is 4. The minimum Gasteiger partial charge on any atom is -0.478 e. The lowest BCUT2D eigenvalue weighted by Crippen LogP contribution is -2.08. The highest BCUT2D eigenvalue weighted by Gasteiger charge is 2.36. The highest BCUT2D eigenvalue weighted by molar-refractivity contribution is 5.89. The summed E-state index contributed by atoms with van der Waals surface area (Å²) in [4.78, 5) is 15.6. The Balaban J connectivity index is 2.01. The van der Waals surface area contributed by atoms with Gasteiger partial charge in [0.1, 0.15) is 0 Å². The quantitative estimate of drug-likeness (QED) is 0.511. The van der Waals surface area contributed by atoms with Gasteiger partial charge in [-0.2, -0.15) is 23.4 Å². The molecule has 1 N–H and O–H groups in total. The molecule has 4 aromatic rings. The number of benzene rings is 1. The number of pyridine rings is 1. The molecule has 0 aliphatic rings. The molecule has 10 heteroatoms. The summed E-state index contributed by atoms with van der Waals surface area (Å²) in [5, 5.41) is 17.5. The molecule has 0 unspecified atom stereocenters. The van der Waals surface area contributed by atoms with Crippen LogP contribution in [-0.2, 0) is 12.7 Å². The van der Waals surface area contributed by atoms with Gasteiger partial charge in [0, 0.05) is 17.8 Å². The van der Waals surface area contributed by atoms with Crippen molar-refractivity contribution in [2.45, 2.75) is 33.5 Å². The molecule has 31 heavy (non-hydrogen) atoms. The van der Waals surface area contributed by atoms with Crippen LogP contribution >= 0.6 is 0 Å². The van der Waals surface area contributed by atoms with Gasteiger partial charge >= 0.3 is 12.1 Å². The third-order valence-corrected chi connectivity index (χ3v) is 5.16. The van der Waals surface area contributed by atoms with E-state index < -0.39 is 17.7 Å². The number of carboxylic acids is 1. The van der Waals surface area contributed by atoms with Gasteiger partial charge in [0.25, 0.3) is 0 Å². The topological polar surface area (TPSA) is 85.8 Å². The number of carboxylic acid groups (broad SMARTS) is 1. The number of aromatic carboxylic acids is 1. The summed E-state index contributed by atoms with van der Waals surface area (Å²) in [5.41, 5.74) is 1.18. The van der Waals surface area contributed by atoms with E-state index >= 15 is 0 Å². The number of nitrogens with zero attached hydrogens (tertiary/aromatic N) is 5. The van der Waals surface area contributed by atoms with E-state index in [1.165, 1.54) is 42.1 Å². The smallest absolute Gasteiger partial charge is 0.417 e. The van der Waals surface area contributed by atoms with Crippen molar-refractivity contribution >= 4 is 17.0 Å². The lowest BCUT2D eigenvalue weighted by Gasteiger charge is -2.12. The van der Waals surface area contributed by atoms with Gasteiger partial charge in [0.15, 0.2) is 5.65 Å². The van der Waals surface area contributed by atoms with Crippen molar-refractivity contribution in [3.63, 3.8) is 0 Å². The molecule has 0 atom stereocenters. The Labute approximate surface area is 174 Å². The van der Waals surface area contributed by atoms with Gasteiger partial charge < -0.3 is 5.11 Å². The predicted octanol–water partition coefficient (Wildman–Crippen LogP) is 4.64. The van der Waals surface area contributed by atoms with E-state index in [-0.39, 0.29) is 28.0 Å². The fourth-order valence-corrected chi connectivity index (χ4v) is 3.59. The van der Waals surface area contributed by atoms with E-state index in [0.29, 0.717) is 23.5 Å². The number of carbonyl (C=O) groups is 1. The third kappa shape index (κ3) is 3.43. The third-order valence-electron chi connectivity index (χ3n) is 5.16. The molecule has 0 spiro atoms. The number of halogens is 3. The van der Waals surface area contributed by atoms with E-state index in [4.69, 9.17) is 5.11 Å². The van der Waals surface area contributed by atoms with Gasteiger partial charge in [-0.05, 0) is 51.1 Å². The largest absolute Gasteiger partial charge is 0.478 e. The minimum absolute atomic E-state index is 0.0362. The van der Waals surface area contributed by atoms with Crippen molar-refractivity contribution in [2.24, 2.45) is 0 Å². The van der Waals surface area contributed by atoms with Crippen LogP contribution in [0.15, 0.2) is 36.5 Å². The highest BCUT2D eigenvalue weighted by atomic mass is 19.4. The molecule has 0 aliphatic heterocycles. The molecule has 0 bridgehead atoms. The Morgan fingerprint density at radius 2 is 1.84 bits per heavy atom. The molecule has 0 amide bonds. The van der Waals surface area contributed by atoms with E-state index in [0.717, 1.165) is 6.07 Å². The molecular weight excluding hydrogens is 411 g/mol. The van der Waals surface area contributed by atoms with Gasteiger partial charge in [-0.3, -0.25) is 4.68 Å². The summed E-state index contributed by atoms with van der Waals surface area (Å²) in [6.45, 7) is 5.73. The Bertz CT molecular complexity index is 1300.